The van der Waals surface area contributed by atoms with E-state index in [0.717, 1.165) is 18.2 Å². The Morgan fingerprint density at radius 1 is 0.921 bits per heavy atom. The molecule has 0 spiro atoms. The fraction of sp³-hybridized carbons (Fsp3) is 0.154. The molecule has 1 amide bonds. The maximum absolute atomic E-state index is 12.7. The molecule has 0 heterocycles. The predicted molar refractivity (Wildman–Crippen MR) is 137 cm³/mol. The van der Waals surface area contributed by atoms with E-state index in [1.807, 2.05) is 13.0 Å². The van der Waals surface area contributed by atoms with E-state index in [0.29, 0.717) is 23.6 Å². The molecular weight excluding hydrogens is 496 g/mol. The SMILES string of the molecule is CCOc1ccc(NC(=O)/C(C#N)=C\c2ccc(Oc3ccc([N+](=O)[O-])cc3[N+](=O)[O-])c(OCC)c2)cc1. The Labute approximate surface area is 217 Å². The average Bonchev–Trinajstić information content (AvgIpc) is 2.90. The van der Waals surface area contributed by atoms with Crippen LogP contribution >= 0.6 is 0 Å². The molecule has 12 nitrogen and oxygen atoms in total. The number of carbonyl (C=O) groups is 1. The van der Waals surface area contributed by atoms with Crippen LogP contribution in [0.15, 0.2) is 66.2 Å². The summed E-state index contributed by atoms with van der Waals surface area (Å²) in [6.45, 7) is 4.29. The van der Waals surface area contributed by atoms with Crippen LogP contribution in [-0.2, 0) is 4.79 Å². The van der Waals surface area contributed by atoms with Crippen molar-refractivity contribution in [1.29, 1.82) is 5.26 Å². The molecule has 0 aliphatic heterocycles. The topological polar surface area (TPSA) is 167 Å². The van der Waals surface area contributed by atoms with Gasteiger partial charge in [0, 0.05) is 11.8 Å². The van der Waals surface area contributed by atoms with Crippen molar-refractivity contribution in [3.05, 3.63) is 92.0 Å². The summed E-state index contributed by atoms with van der Waals surface area (Å²) in [6.07, 6.45) is 1.35. The van der Waals surface area contributed by atoms with E-state index in [9.17, 15) is 30.3 Å². The molecule has 0 aromatic heterocycles. The number of nitro benzene ring substituents is 2. The summed E-state index contributed by atoms with van der Waals surface area (Å²) in [6, 6.07) is 16.0. The molecule has 3 aromatic carbocycles. The van der Waals surface area contributed by atoms with E-state index >= 15 is 0 Å². The summed E-state index contributed by atoms with van der Waals surface area (Å²) in [4.78, 5) is 33.5. The number of nitrogens with zero attached hydrogens (tertiary/aromatic N) is 3. The van der Waals surface area contributed by atoms with Crippen LogP contribution in [0.3, 0.4) is 0 Å². The van der Waals surface area contributed by atoms with Crippen LogP contribution in [0.4, 0.5) is 17.1 Å². The second kappa shape index (κ2) is 12.5. The van der Waals surface area contributed by atoms with E-state index in [2.05, 4.69) is 5.32 Å². The van der Waals surface area contributed by atoms with Crippen LogP contribution in [0, 0.1) is 31.6 Å². The van der Waals surface area contributed by atoms with Gasteiger partial charge in [-0.05, 0) is 68.0 Å². The quantitative estimate of drug-likeness (QED) is 0.146. The van der Waals surface area contributed by atoms with Crippen LogP contribution in [-0.4, -0.2) is 29.0 Å². The third kappa shape index (κ3) is 6.82. The second-order valence-corrected chi connectivity index (χ2v) is 7.49. The summed E-state index contributed by atoms with van der Waals surface area (Å²) in [5.74, 6) is 0.0662. The van der Waals surface area contributed by atoms with Gasteiger partial charge < -0.3 is 19.5 Å². The van der Waals surface area contributed by atoms with Crippen molar-refractivity contribution < 1.29 is 28.9 Å². The van der Waals surface area contributed by atoms with Crippen LogP contribution < -0.4 is 19.5 Å². The highest BCUT2D eigenvalue weighted by molar-refractivity contribution is 6.09. The van der Waals surface area contributed by atoms with Gasteiger partial charge >= 0.3 is 5.69 Å². The molecule has 0 radical (unpaired) electrons. The smallest absolute Gasteiger partial charge is 0.318 e. The Bertz CT molecular complexity index is 1430. The van der Waals surface area contributed by atoms with Gasteiger partial charge in [-0.3, -0.25) is 25.0 Å². The van der Waals surface area contributed by atoms with Gasteiger partial charge in [0.1, 0.15) is 17.4 Å². The first-order chi connectivity index (χ1) is 18.2. The van der Waals surface area contributed by atoms with Gasteiger partial charge in [0.2, 0.25) is 5.75 Å². The number of nitriles is 1. The summed E-state index contributed by atoms with van der Waals surface area (Å²) in [5.41, 5.74) is -0.327. The Morgan fingerprint density at radius 3 is 2.21 bits per heavy atom. The molecule has 0 bridgehead atoms. The van der Waals surface area contributed by atoms with Gasteiger partial charge in [0.05, 0.1) is 29.1 Å². The summed E-state index contributed by atoms with van der Waals surface area (Å²) >= 11 is 0. The fourth-order valence-electron chi connectivity index (χ4n) is 3.25. The van der Waals surface area contributed by atoms with Gasteiger partial charge in [-0.2, -0.15) is 5.26 Å². The van der Waals surface area contributed by atoms with Crippen molar-refractivity contribution in [1.82, 2.24) is 0 Å². The first kappa shape index (κ1) is 27.2. The Kier molecular flexibility index (Phi) is 8.93. The normalized spacial score (nSPS) is 10.7. The lowest BCUT2D eigenvalue weighted by atomic mass is 10.1. The molecule has 0 aliphatic rings. The highest BCUT2D eigenvalue weighted by Gasteiger charge is 2.22. The maximum Gasteiger partial charge on any atom is 0.318 e. The monoisotopic (exact) mass is 518 g/mol. The van der Waals surface area contributed by atoms with Crippen molar-refractivity contribution >= 4 is 29.0 Å². The first-order valence-corrected chi connectivity index (χ1v) is 11.3. The first-order valence-electron chi connectivity index (χ1n) is 11.3. The molecule has 38 heavy (non-hydrogen) atoms. The molecule has 0 aliphatic carbocycles. The van der Waals surface area contributed by atoms with Crippen LogP contribution in [0.2, 0.25) is 0 Å². The maximum atomic E-state index is 12.7. The highest BCUT2D eigenvalue weighted by Crippen LogP contribution is 2.38. The van der Waals surface area contributed by atoms with E-state index in [4.69, 9.17) is 14.2 Å². The number of amides is 1. The Hall–Kier alpha value is -5.44. The number of carbonyl (C=O) groups excluding carboxylic acids is 1. The zero-order chi connectivity index (χ0) is 27.7. The molecule has 12 heteroatoms. The molecule has 3 aromatic rings. The van der Waals surface area contributed by atoms with E-state index in [1.165, 1.54) is 24.3 Å². The summed E-state index contributed by atoms with van der Waals surface area (Å²) < 4.78 is 16.6. The van der Waals surface area contributed by atoms with Crippen molar-refractivity contribution in [2.24, 2.45) is 0 Å². The standard InChI is InChI=1S/C26H22N4O8/c1-3-36-21-9-6-19(7-10-21)28-26(31)18(16-27)13-17-5-11-24(25(14-17)37-4-2)38-23-12-8-20(29(32)33)15-22(23)30(34)35/h5-15H,3-4H2,1-2H3,(H,28,31)/b18-13-. The van der Waals surface area contributed by atoms with Gasteiger partial charge in [-0.25, -0.2) is 0 Å². The fourth-order valence-corrected chi connectivity index (χ4v) is 3.25. The van der Waals surface area contributed by atoms with Crippen molar-refractivity contribution in [2.75, 3.05) is 18.5 Å². The molecule has 194 valence electrons. The van der Waals surface area contributed by atoms with Gasteiger partial charge in [-0.1, -0.05) is 6.07 Å². The van der Waals surface area contributed by atoms with E-state index < -0.39 is 27.1 Å². The lowest BCUT2D eigenvalue weighted by Crippen LogP contribution is -2.13. The van der Waals surface area contributed by atoms with Gasteiger partial charge in [-0.15, -0.1) is 0 Å². The van der Waals surface area contributed by atoms with Crippen LogP contribution in [0.1, 0.15) is 19.4 Å². The molecular formula is C26H22N4O8. The number of nitrogens with one attached hydrogen (secondary N) is 1. The summed E-state index contributed by atoms with van der Waals surface area (Å²) in [5, 5.41) is 34.6. The Morgan fingerprint density at radius 2 is 1.61 bits per heavy atom. The molecule has 3 rings (SSSR count). The number of rotatable bonds is 11. The molecule has 0 saturated heterocycles. The van der Waals surface area contributed by atoms with E-state index in [-0.39, 0.29) is 29.4 Å². The number of hydrogen-bond donors (Lipinski definition) is 1. The molecule has 0 atom stereocenters. The third-order valence-corrected chi connectivity index (χ3v) is 4.94. The average molecular weight is 518 g/mol. The predicted octanol–water partition coefficient (Wildman–Crippen LogP) is 5.64. The molecule has 0 unspecified atom stereocenters. The van der Waals surface area contributed by atoms with E-state index in [1.54, 1.807) is 31.2 Å². The highest BCUT2D eigenvalue weighted by atomic mass is 16.6. The molecule has 0 saturated carbocycles. The molecule has 1 N–H and O–H groups in total. The minimum atomic E-state index is -0.790. The number of anilines is 1. The largest absolute Gasteiger partial charge is 0.494 e. The number of ether oxygens (including phenoxy) is 3. The summed E-state index contributed by atoms with van der Waals surface area (Å²) in [7, 11) is 0. The van der Waals surface area contributed by atoms with Gasteiger partial charge in [0.25, 0.3) is 11.6 Å². The lowest BCUT2D eigenvalue weighted by molar-refractivity contribution is -0.394. The number of hydrogen-bond acceptors (Lipinski definition) is 9. The second-order valence-electron chi connectivity index (χ2n) is 7.49. The van der Waals surface area contributed by atoms with Crippen LogP contribution in [0.5, 0.6) is 23.0 Å². The number of benzene rings is 3. The zero-order valence-electron chi connectivity index (χ0n) is 20.4. The number of non-ortho nitro benzene ring substituents is 1. The lowest BCUT2D eigenvalue weighted by Gasteiger charge is -2.13. The number of nitro groups is 2. The van der Waals surface area contributed by atoms with Gasteiger partial charge in [0.15, 0.2) is 11.5 Å². The minimum absolute atomic E-state index is 0.0956. The van der Waals surface area contributed by atoms with Crippen molar-refractivity contribution in [3.8, 4) is 29.1 Å². The van der Waals surface area contributed by atoms with Crippen LogP contribution in [0.25, 0.3) is 6.08 Å². The zero-order valence-corrected chi connectivity index (χ0v) is 20.4. The Balaban J connectivity index is 1.86. The van der Waals surface area contributed by atoms with Crippen molar-refractivity contribution in [2.45, 2.75) is 13.8 Å². The molecule has 0 fully saturated rings. The third-order valence-electron chi connectivity index (χ3n) is 4.94. The van der Waals surface area contributed by atoms with Crippen molar-refractivity contribution in [3.63, 3.8) is 0 Å². The minimum Gasteiger partial charge on any atom is -0.494 e.